The van der Waals surface area contributed by atoms with E-state index >= 15 is 0 Å². The van der Waals surface area contributed by atoms with Gasteiger partial charge in [-0.25, -0.2) is 0 Å². The van der Waals surface area contributed by atoms with Crippen LogP contribution >= 0.6 is 0 Å². The van der Waals surface area contributed by atoms with Crippen LogP contribution in [-0.2, 0) is 6.42 Å². The van der Waals surface area contributed by atoms with Crippen molar-refractivity contribution in [3.63, 3.8) is 0 Å². The minimum Gasteiger partial charge on any atom is -0.261 e. The summed E-state index contributed by atoms with van der Waals surface area (Å²) in [7, 11) is 0. The van der Waals surface area contributed by atoms with Gasteiger partial charge in [-0.1, -0.05) is 56.7 Å². The predicted octanol–water partition coefficient (Wildman–Crippen LogP) is 4.76. The summed E-state index contributed by atoms with van der Waals surface area (Å²) >= 11 is 0. The molecular weight excluding hydrogens is 218 g/mol. The minimum absolute atomic E-state index is 0.523. The summed E-state index contributed by atoms with van der Waals surface area (Å²) in [5, 5.41) is 0. The lowest BCUT2D eigenvalue weighted by Gasteiger charge is -2.11. The lowest BCUT2D eigenvalue weighted by Crippen LogP contribution is -2.00. The van der Waals surface area contributed by atoms with Crippen LogP contribution in [0.1, 0.15) is 43.5 Å². The zero-order chi connectivity index (χ0) is 13.4. The first kappa shape index (κ1) is 14.4. The first-order valence-corrected chi connectivity index (χ1v) is 6.72. The number of benzene rings is 1. The molecule has 0 radical (unpaired) electrons. The molecule has 1 heteroatoms. The van der Waals surface area contributed by atoms with Gasteiger partial charge in [-0.3, -0.25) is 4.98 Å². The summed E-state index contributed by atoms with van der Waals surface area (Å²) in [5.74, 6) is 0.523. The Labute approximate surface area is 111 Å². The highest BCUT2D eigenvalue weighted by Crippen LogP contribution is 2.20. The van der Waals surface area contributed by atoms with Crippen LogP contribution in [0.15, 0.2) is 48.7 Å². The van der Waals surface area contributed by atoms with Gasteiger partial charge in [0, 0.05) is 11.9 Å². The maximum Gasteiger partial charge on any atom is 0.0409 e. The van der Waals surface area contributed by atoms with Gasteiger partial charge in [-0.05, 0) is 37.0 Å². The molecule has 0 saturated carbocycles. The molecule has 0 fully saturated rings. The maximum atomic E-state index is 4.37. The van der Waals surface area contributed by atoms with Gasteiger partial charge in [0.15, 0.2) is 0 Å². The van der Waals surface area contributed by atoms with Crippen molar-refractivity contribution in [1.82, 2.24) is 4.98 Å². The first-order valence-electron chi connectivity index (χ1n) is 6.72. The number of hydrogen-bond acceptors (Lipinski definition) is 1. The van der Waals surface area contributed by atoms with Crippen molar-refractivity contribution >= 4 is 0 Å². The number of aromatic nitrogens is 1. The molecule has 1 atom stereocenters. The van der Waals surface area contributed by atoms with E-state index in [2.05, 4.69) is 49.2 Å². The Morgan fingerprint density at radius 2 is 1.83 bits per heavy atom. The van der Waals surface area contributed by atoms with E-state index in [0.29, 0.717) is 5.92 Å². The van der Waals surface area contributed by atoms with Gasteiger partial charge in [-0.2, -0.15) is 0 Å². The van der Waals surface area contributed by atoms with E-state index in [-0.39, 0.29) is 0 Å². The highest BCUT2D eigenvalue weighted by molar-refractivity contribution is 5.26. The predicted molar refractivity (Wildman–Crippen MR) is 78.9 cm³/mol. The molecule has 96 valence electrons. The van der Waals surface area contributed by atoms with E-state index in [9.17, 15) is 0 Å². The largest absolute Gasteiger partial charge is 0.261 e. The second-order valence-corrected chi connectivity index (χ2v) is 4.34. The van der Waals surface area contributed by atoms with Crippen LogP contribution in [0.2, 0.25) is 0 Å². The molecule has 18 heavy (non-hydrogen) atoms. The van der Waals surface area contributed by atoms with Crippen molar-refractivity contribution < 1.29 is 0 Å². The number of rotatable bonds is 3. The normalized spacial score (nSPS) is 11.3. The van der Waals surface area contributed by atoms with Gasteiger partial charge in [0.2, 0.25) is 0 Å². The molecule has 0 aliphatic heterocycles. The summed E-state index contributed by atoms with van der Waals surface area (Å²) in [6.07, 6.45) is 2.86. The van der Waals surface area contributed by atoms with E-state index in [0.717, 1.165) is 12.1 Å². The molecule has 1 heterocycles. The molecule has 1 unspecified atom stereocenters. The van der Waals surface area contributed by atoms with Crippen molar-refractivity contribution in [2.45, 2.75) is 40.0 Å². The topological polar surface area (TPSA) is 12.9 Å². The summed E-state index contributed by atoms with van der Waals surface area (Å²) in [6.45, 7) is 8.39. The van der Waals surface area contributed by atoms with E-state index in [4.69, 9.17) is 0 Å². The Hall–Kier alpha value is -1.63. The Bertz CT molecular complexity index is 448. The average molecular weight is 241 g/mol. The summed E-state index contributed by atoms with van der Waals surface area (Å²) < 4.78 is 0. The van der Waals surface area contributed by atoms with Gasteiger partial charge in [0.05, 0.1) is 0 Å². The summed E-state index contributed by atoms with van der Waals surface area (Å²) in [6, 6.07) is 14.8. The van der Waals surface area contributed by atoms with E-state index < -0.39 is 0 Å². The van der Waals surface area contributed by atoms with Crippen LogP contribution in [-0.4, -0.2) is 4.98 Å². The van der Waals surface area contributed by atoms with Crippen molar-refractivity contribution in [1.29, 1.82) is 0 Å². The second kappa shape index (κ2) is 7.65. The third kappa shape index (κ3) is 4.33. The monoisotopic (exact) mass is 241 g/mol. The molecule has 0 spiro atoms. The molecule has 0 N–H and O–H groups in total. The Morgan fingerprint density at radius 1 is 1.06 bits per heavy atom. The fourth-order valence-corrected chi connectivity index (χ4v) is 1.93. The molecule has 2 rings (SSSR count). The van der Waals surface area contributed by atoms with Gasteiger partial charge in [-0.15, -0.1) is 0 Å². The summed E-state index contributed by atoms with van der Waals surface area (Å²) in [4.78, 5) is 4.37. The lowest BCUT2D eigenvalue weighted by molar-refractivity contribution is 0.740. The fraction of sp³-hybridized carbons (Fsp3) is 0.353. The van der Waals surface area contributed by atoms with Gasteiger partial charge in [0.1, 0.15) is 0 Å². The maximum absolute atomic E-state index is 4.37. The van der Waals surface area contributed by atoms with Crippen molar-refractivity contribution in [2.75, 3.05) is 0 Å². The fourth-order valence-electron chi connectivity index (χ4n) is 1.93. The van der Waals surface area contributed by atoms with Gasteiger partial charge in [0.25, 0.3) is 0 Å². The van der Waals surface area contributed by atoms with E-state index in [1.54, 1.807) is 0 Å². The minimum atomic E-state index is 0.523. The molecule has 0 saturated heterocycles. The molecule has 0 amide bonds. The molecule has 0 aliphatic carbocycles. The highest BCUT2D eigenvalue weighted by Gasteiger charge is 2.06. The van der Waals surface area contributed by atoms with E-state index in [1.165, 1.54) is 11.1 Å². The van der Waals surface area contributed by atoms with Crippen LogP contribution < -0.4 is 0 Å². The molecule has 0 bridgehead atoms. The van der Waals surface area contributed by atoms with Gasteiger partial charge < -0.3 is 0 Å². The Morgan fingerprint density at radius 3 is 2.44 bits per heavy atom. The molecule has 2 aromatic rings. The quantitative estimate of drug-likeness (QED) is 0.754. The third-order valence-electron chi connectivity index (χ3n) is 2.85. The smallest absolute Gasteiger partial charge is 0.0409 e. The Kier molecular flexibility index (Phi) is 6.13. The second-order valence-electron chi connectivity index (χ2n) is 4.34. The molecule has 1 nitrogen and oxygen atoms in total. The van der Waals surface area contributed by atoms with Crippen LogP contribution in [0.4, 0.5) is 0 Å². The third-order valence-corrected chi connectivity index (χ3v) is 2.85. The first-order chi connectivity index (χ1) is 8.75. The Balaban J connectivity index is 0.000000771. The van der Waals surface area contributed by atoms with E-state index in [1.807, 2.05) is 32.2 Å². The zero-order valence-corrected chi connectivity index (χ0v) is 11.9. The number of aryl methyl sites for hydroxylation is 1. The lowest BCUT2D eigenvalue weighted by atomic mass is 9.95. The van der Waals surface area contributed by atoms with Crippen molar-refractivity contribution in [3.05, 3.63) is 65.5 Å². The molecular formula is C17H23N. The van der Waals surface area contributed by atoms with Crippen molar-refractivity contribution in [3.8, 4) is 0 Å². The van der Waals surface area contributed by atoms with Crippen molar-refractivity contribution in [2.24, 2.45) is 0 Å². The molecule has 1 aromatic heterocycles. The molecule has 1 aromatic carbocycles. The van der Waals surface area contributed by atoms with Crippen LogP contribution in [0.5, 0.6) is 0 Å². The van der Waals surface area contributed by atoms with Crippen LogP contribution in [0.3, 0.4) is 0 Å². The highest BCUT2D eigenvalue weighted by atomic mass is 14.7. The average Bonchev–Trinajstić information content (AvgIpc) is 2.42. The molecule has 0 aliphatic rings. The standard InChI is InChI=1S/C15H17N.C2H6/c1-12-6-5-7-14(10-12)13(2)11-15-8-3-4-9-16-15;1-2/h3-10,13H,11H2,1-2H3;1-2H3. The van der Waals surface area contributed by atoms with Gasteiger partial charge >= 0.3 is 0 Å². The SMILES string of the molecule is CC.Cc1cccc(C(C)Cc2ccccn2)c1. The number of nitrogens with zero attached hydrogens (tertiary/aromatic N) is 1. The number of pyridine rings is 1. The zero-order valence-electron chi connectivity index (χ0n) is 11.9. The number of hydrogen-bond donors (Lipinski definition) is 0. The summed E-state index contributed by atoms with van der Waals surface area (Å²) in [5.41, 5.74) is 3.88. The van der Waals surface area contributed by atoms with Crippen LogP contribution in [0, 0.1) is 6.92 Å². The van der Waals surface area contributed by atoms with Crippen LogP contribution in [0.25, 0.3) is 0 Å².